The van der Waals surface area contributed by atoms with Gasteiger partial charge in [0, 0.05) is 45.7 Å². The maximum atomic E-state index is 14.7. The van der Waals surface area contributed by atoms with E-state index in [-0.39, 0.29) is 36.0 Å². The first kappa shape index (κ1) is 57.9. The van der Waals surface area contributed by atoms with Crippen molar-refractivity contribution in [1.29, 1.82) is 0 Å². The van der Waals surface area contributed by atoms with Crippen LogP contribution in [0.3, 0.4) is 0 Å². The third-order valence-electron chi connectivity index (χ3n) is 12.6. The SMILES string of the molecule is CC[C@H](C)[C@@H]([C@@H](CC(=O)N1CCC[C@H]1[C@H](OC)[C@@H](C)C(=O)N[C@@H](Cc1cccs1)C(=O)OC)OC)N(C)C(=O)[C@@H](NC(=O)C(C)(C)N(C)CCOCCOCCOCCON)C(C)(C)C. The Morgan fingerprint density at radius 3 is 2.05 bits per heavy atom. The lowest BCUT2D eigenvalue weighted by Gasteiger charge is -2.43. The van der Waals surface area contributed by atoms with Crippen LogP contribution in [-0.2, 0) is 63.7 Å². The molecule has 0 aliphatic carbocycles. The van der Waals surface area contributed by atoms with Gasteiger partial charge in [0.15, 0.2) is 0 Å². The van der Waals surface area contributed by atoms with Crippen molar-refractivity contribution in [2.45, 2.75) is 129 Å². The summed E-state index contributed by atoms with van der Waals surface area (Å²) in [7, 11) is 7.90. The van der Waals surface area contributed by atoms with Crippen LogP contribution >= 0.6 is 11.3 Å². The molecule has 374 valence electrons. The van der Waals surface area contributed by atoms with Crippen LogP contribution in [-0.4, -0.2) is 181 Å². The number of nitrogens with one attached hydrogen (secondary N) is 2. The number of methoxy groups -OCH3 is 3. The summed E-state index contributed by atoms with van der Waals surface area (Å²) < 4.78 is 33.6. The Hall–Kier alpha value is -3.27. The van der Waals surface area contributed by atoms with Gasteiger partial charge in [0.25, 0.3) is 0 Å². The Labute approximate surface area is 392 Å². The first-order chi connectivity index (χ1) is 30.7. The molecule has 4 N–H and O–H groups in total. The molecular weight excluding hydrogens is 861 g/mol. The van der Waals surface area contributed by atoms with Gasteiger partial charge < -0.3 is 53.7 Å². The number of esters is 1. The summed E-state index contributed by atoms with van der Waals surface area (Å²) in [5.41, 5.74) is -1.68. The Morgan fingerprint density at radius 2 is 1.52 bits per heavy atom. The quantitative estimate of drug-likeness (QED) is 0.0556. The molecule has 1 saturated heterocycles. The molecule has 65 heavy (non-hydrogen) atoms. The van der Waals surface area contributed by atoms with Crippen molar-refractivity contribution in [2.24, 2.45) is 23.1 Å². The van der Waals surface area contributed by atoms with Crippen LogP contribution in [0.25, 0.3) is 0 Å². The van der Waals surface area contributed by atoms with Crippen LogP contribution in [0.4, 0.5) is 0 Å². The highest BCUT2D eigenvalue weighted by Gasteiger charge is 2.45. The van der Waals surface area contributed by atoms with Gasteiger partial charge in [-0.2, -0.15) is 0 Å². The first-order valence-corrected chi connectivity index (χ1v) is 23.7. The zero-order chi connectivity index (χ0) is 48.9. The van der Waals surface area contributed by atoms with Crippen LogP contribution in [0.1, 0.15) is 86.0 Å². The number of likely N-dealkylation sites (tertiary alicyclic amines) is 1. The number of carbonyl (C=O) groups is 5. The first-order valence-electron chi connectivity index (χ1n) is 22.8. The fraction of sp³-hybridized carbons (Fsp3) is 0.804. The van der Waals surface area contributed by atoms with Gasteiger partial charge in [-0.1, -0.05) is 54.0 Å². The monoisotopic (exact) mass is 943 g/mol. The van der Waals surface area contributed by atoms with Crippen LogP contribution in [0, 0.1) is 17.3 Å². The minimum absolute atomic E-state index is 0.0279. The number of hydrogen-bond donors (Lipinski definition) is 3. The Bertz CT molecular complexity index is 1580. The molecule has 0 spiro atoms. The molecular formula is C46H82N6O12S. The van der Waals surface area contributed by atoms with E-state index < -0.39 is 59.2 Å². The molecule has 2 heterocycles. The summed E-state index contributed by atoms with van der Waals surface area (Å²) in [6.07, 6.45) is 0.927. The van der Waals surface area contributed by atoms with Crippen LogP contribution < -0.4 is 16.5 Å². The van der Waals surface area contributed by atoms with E-state index in [1.807, 2.05) is 77.9 Å². The van der Waals surface area contributed by atoms with E-state index >= 15 is 0 Å². The van der Waals surface area contributed by atoms with Crippen molar-refractivity contribution in [2.75, 3.05) is 94.8 Å². The number of rotatable bonds is 31. The lowest BCUT2D eigenvalue weighted by Crippen LogP contribution is -2.63. The summed E-state index contributed by atoms with van der Waals surface area (Å²) in [5, 5.41) is 7.85. The normalized spacial score (nSPS) is 17.8. The number of hydrogen-bond acceptors (Lipinski definition) is 15. The number of nitrogens with zero attached hydrogens (tertiary/aromatic N) is 3. The second kappa shape index (κ2) is 28.8. The van der Waals surface area contributed by atoms with Crippen molar-refractivity contribution in [1.82, 2.24) is 25.3 Å². The molecule has 0 aromatic carbocycles. The Balaban J connectivity index is 2.16. The summed E-state index contributed by atoms with van der Waals surface area (Å²) >= 11 is 1.49. The lowest BCUT2D eigenvalue weighted by atomic mass is 9.83. The number of amides is 4. The molecule has 0 saturated carbocycles. The third-order valence-corrected chi connectivity index (χ3v) is 13.5. The standard InChI is InChI=1S/C46H82N6O12S/c1-14-31(2)38(51(10)42(55)40(45(4,5)6)49-44(57)46(7,8)50(9)20-21-61-22-23-62-24-25-63-26-27-64-47)36(58-11)30-37(53)52-19-15-18-35(52)39(59-12)32(3)41(54)48-34(43(56)60-13)29-33-17-16-28-65-33/h16-17,28,31-32,34-36,38-40H,14-15,18-27,29-30,47H2,1-13H3,(H,48,54)(H,49,57)/t31-,32+,34-,35-,36+,38-,39+,40+/m0/s1. The molecule has 19 heteroatoms. The third kappa shape index (κ3) is 17.7. The van der Waals surface area contributed by atoms with E-state index in [0.717, 1.165) is 4.88 Å². The molecule has 4 amide bonds. The van der Waals surface area contributed by atoms with Gasteiger partial charge in [0.05, 0.1) is 95.5 Å². The minimum atomic E-state index is -0.998. The van der Waals surface area contributed by atoms with Gasteiger partial charge in [-0.3, -0.25) is 24.1 Å². The molecule has 2 rings (SSSR count). The van der Waals surface area contributed by atoms with E-state index in [1.165, 1.54) is 25.6 Å². The van der Waals surface area contributed by atoms with Gasteiger partial charge in [-0.25, -0.2) is 10.7 Å². The largest absolute Gasteiger partial charge is 0.467 e. The van der Waals surface area contributed by atoms with E-state index in [9.17, 15) is 24.0 Å². The summed E-state index contributed by atoms with van der Waals surface area (Å²) in [6.45, 7) is 18.7. The van der Waals surface area contributed by atoms with Gasteiger partial charge in [0.2, 0.25) is 23.6 Å². The summed E-state index contributed by atoms with van der Waals surface area (Å²) in [6, 6.07) is 1.05. The van der Waals surface area contributed by atoms with Crippen LogP contribution in [0.15, 0.2) is 17.5 Å². The van der Waals surface area contributed by atoms with Crippen molar-refractivity contribution in [3.8, 4) is 0 Å². The summed E-state index contributed by atoms with van der Waals surface area (Å²) in [5.74, 6) is 2.45. The van der Waals surface area contributed by atoms with E-state index in [0.29, 0.717) is 85.0 Å². The lowest BCUT2D eigenvalue weighted by molar-refractivity contribution is -0.150. The molecule has 18 nitrogen and oxygen atoms in total. The minimum Gasteiger partial charge on any atom is -0.467 e. The van der Waals surface area contributed by atoms with Gasteiger partial charge in [0.1, 0.15) is 12.1 Å². The summed E-state index contributed by atoms with van der Waals surface area (Å²) in [4.78, 5) is 80.2. The molecule has 1 aliphatic rings. The molecule has 0 unspecified atom stereocenters. The maximum Gasteiger partial charge on any atom is 0.328 e. The average Bonchev–Trinajstić information content (AvgIpc) is 3.98. The van der Waals surface area contributed by atoms with Gasteiger partial charge in [-0.15, -0.1) is 11.3 Å². The predicted octanol–water partition coefficient (Wildman–Crippen LogP) is 3.05. The molecule has 1 aromatic heterocycles. The highest BCUT2D eigenvalue weighted by atomic mass is 32.1. The molecule has 1 fully saturated rings. The molecule has 0 bridgehead atoms. The second-order valence-electron chi connectivity index (χ2n) is 18.4. The topological polar surface area (TPSA) is 210 Å². The van der Waals surface area contributed by atoms with Crippen molar-refractivity contribution < 1.29 is 57.2 Å². The zero-order valence-corrected chi connectivity index (χ0v) is 42.3. The van der Waals surface area contributed by atoms with E-state index in [2.05, 4.69) is 15.5 Å². The van der Waals surface area contributed by atoms with E-state index in [1.54, 1.807) is 30.9 Å². The smallest absolute Gasteiger partial charge is 0.328 e. The van der Waals surface area contributed by atoms with Crippen LogP contribution in [0.5, 0.6) is 0 Å². The number of likely N-dealkylation sites (N-methyl/N-ethyl adjacent to an activating group) is 2. The van der Waals surface area contributed by atoms with Gasteiger partial charge >= 0.3 is 5.97 Å². The average molecular weight is 943 g/mol. The van der Waals surface area contributed by atoms with Crippen LogP contribution in [0.2, 0.25) is 0 Å². The predicted molar refractivity (Wildman–Crippen MR) is 249 cm³/mol. The highest BCUT2D eigenvalue weighted by molar-refractivity contribution is 7.09. The molecule has 1 aromatic rings. The molecule has 0 radical (unpaired) electrons. The fourth-order valence-electron chi connectivity index (χ4n) is 8.04. The molecule has 8 atom stereocenters. The number of ether oxygens (including phenoxy) is 6. The number of thiophene rings is 1. The number of nitrogens with two attached hydrogens (primary N) is 1. The zero-order valence-electron chi connectivity index (χ0n) is 41.5. The van der Waals surface area contributed by atoms with Gasteiger partial charge in [-0.05, 0) is 56.5 Å². The van der Waals surface area contributed by atoms with E-state index in [4.69, 9.17) is 34.3 Å². The van der Waals surface area contributed by atoms with Crippen molar-refractivity contribution in [3.63, 3.8) is 0 Å². The Morgan fingerprint density at radius 1 is 0.908 bits per heavy atom. The van der Waals surface area contributed by atoms with Crippen molar-refractivity contribution in [3.05, 3.63) is 22.4 Å². The second-order valence-corrected chi connectivity index (χ2v) is 19.5. The molecule has 1 aliphatic heterocycles. The van der Waals surface area contributed by atoms with Crippen molar-refractivity contribution >= 4 is 40.9 Å². The fourth-order valence-corrected chi connectivity index (χ4v) is 8.79. The number of carbonyl (C=O) groups excluding carboxylic acids is 5. The highest BCUT2D eigenvalue weighted by Crippen LogP contribution is 2.31. The Kier molecular flexibility index (Phi) is 25.6. The maximum absolute atomic E-state index is 14.7.